The molecule has 0 spiro atoms. The zero-order chi connectivity index (χ0) is 21.5. The second-order valence-electron chi connectivity index (χ2n) is 6.96. The molecule has 0 aromatic heterocycles. The Bertz CT molecular complexity index is 962. The number of amidine groups is 1. The highest BCUT2D eigenvalue weighted by Gasteiger charge is 2.15. The molecule has 1 heterocycles. The maximum Gasteiger partial charge on any atom is 0.250 e. The lowest BCUT2D eigenvalue weighted by Crippen LogP contribution is -2.44. The molecular formula is C22H25ClN6O. The molecule has 0 saturated carbocycles. The van der Waals surface area contributed by atoms with E-state index in [2.05, 4.69) is 51.0 Å². The van der Waals surface area contributed by atoms with E-state index in [1.807, 2.05) is 12.1 Å². The van der Waals surface area contributed by atoms with E-state index in [9.17, 15) is 4.79 Å². The number of primary amides is 1. The monoisotopic (exact) mass is 424 g/mol. The zero-order valence-corrected chi connectivity index (χ0v) is 17.6. The molecule has 156 valence electrons. The number of hydrogen-bond donors (Lipinski definition) is 2. The van der Waals surface area contributed by atoms with E-state index in [0.29, 0.717) is 17.1 Å². The summed E-state index contributed by atoms with van der Waals surface area (Å²) >= 11 is 6.35. The average Bonchev–Trinajstić information content (AvgIpc) is 2.75. The molecule has 0 unspecified atom stereocenters. The van der Waals surface area contributed by atoms with Crippen LogP contribution in [-0.4, -0.2) is 56.6 Å². The zero-order valence-electron chi connectivity index (χ0n) is 16.9. The minimum absolute atomic E-state index is 0.257. The standard InChI is InChI=1S/C22H25ClN6O/c1-25-15-19(23)22(27-20-6-4-3-5-18(20)21(24)30)26-16-7-9-17(10-8-16)29-13-11-28(2)12-14-29/h3-10,15H,1,11-14H2,2H3,(H2,24,30)(H,26,27)/b19-15+. The molecule has 1 saturated heterocycles. The molecule has 3 rings (SSSR count). The third-order valence-corrected chi connectivity index (χ3v) is 5.11. The number of piperazine rings is 1. The Balaban J connectivity index is 1.85. The van der Waals surface area contributed by atoms with E-state index in [4.69, 9.17) is 17.3 Å². The van der Waals surface area contributed by atoms with Crippen LogP contribution in [0.25, 0.3) is 0 Å². The van der Waals surface area contributed by atoms with E-state index < -0.39 is 5.91 Å². The number of carbonyl (C=O) groups excluding carboxylic acids is 1. The number of nitrogens with one attached hydrogen (secondary N) is 1. The number of likely N-dealkylation sites (N-methyl/N-ethyl adjacent to an activating group) is 1. The van der Waals surface area contributed by atoms with E-state index >= 15 is 0 Å². The van der Waals surface area contributed by atoms with Crippen molar-refractivity contribution in [3.63, 3.8) is 0 Å². The minimum Gasteiger partial charge on any atom is -0.369 e. The van der Waals surface area contributed by atoms with Crippen molar-refractivity contribution >= 4 is 47.1 Å². The second-order valence-corrected chi connectivity index (χ2v) is 7.37. The van der Waals surface area contributed by atoms with Crippen LogP contribution in [0.2, 0.25) is 0 Å². The molecule has 30 heavy (non-hydrogen) atoms. The van der Waals surface area contributed by atoms with Crippen LogP contribution in [0.5, 0.6) is 0 Å². The third kappa shape index (κ3) is 5.46. The predicted octanol–water partition coefficient (Wildman–Crippen LogP) is 3.46. The SMILES string of the molecule is C=N/C=C(/Cl)C(=Nc1ccccc1C(N)=O)Nc1ccc(N2CCN(C)CC2)cc1. The lowest BCUT2D eigenvalue weighted by Gasteiger charge is -2.34. The molecule has 0 radical (unpaired) electrons. The molecule has 0 atom stereocenters. The molecule has 2 aromatic rings. The van der Waals surface area contributed by atoms with Crippen molar-refractivity contribution in [3.05, 3.63) is 65.3 Å². The first kappa shape index (κ1) is 21.5. The largest absolute Gasteiger partial charge is 0.369 e. The molecule has 7 nitrogen and oxygen atoms in total. The summed E-state index contributed by atoms with van der Waals surface area (Å²) < 4.78 is 0. The molecule has 0 aliphatic carbocycles. The Morgan fingerprint density at radius 3 is 2.43 bits per heavy atom. The quantitative estimate of drug-likeness (QED) is 0.549. The van der Waals surface area contributed by atoms with Gasteiger partial charge in [-0.25, -0.2) is 4.99 Å². The first-order valence-corrected chi connectivity index (χ1v) is 9.95. The lowest BCUT2D eigenvalue weighted by molar-refractivity contribution is 0.100. The smallest absolute Gasteiger partial charge is 0.250 e. The number of amides is 1. The van der Waals surface area contributed by atoms with E-state index in [1.54, 1.807) is 24.3 Å². The Morgan fingerprint density at radius 1 is 1.13 bits per heavy atom. The summed E-state index contributed by atoms with van der Waals surface area (Å²) in [5.41, 5.74) is 8.15. The maximum atomic E-state index is 11.7. The molecule has 0 bridgehead atoms. The fraction of sp³-hybridized carbons (Fsp3) is 0.227. The van der Waals surface area contributed by atoms with Crippen molar-refractivity contribution in [1.82, 2.24) is 4.90 Å². The summed E-state index contributed by atoms with van der Waals surface area (Å²) in [6.45, 7) is 7.53. The van der Waals surface area contributed by atoms with Gasteiger partial charge in [0, 0.05) is 43.8 Å². The van der Waals surface area contributed by atoms with Crippen LogP contribution in [0.15, 0.2) is 69.7 Å². The molecule has 3 N–H and O–H groups in total. The van der Waals surface area contributed by atoms with Gasteiger partial charge in [0.05, 0.1) is 11.3 Å². The number of benzene rings is 2. The van der Waals surface area contributed by atoms with Gasteiger partial charge < -0.3 is 20.9 Å². The second kappa shape index (κ2) is 10.0. The highest BCUT2D eigenvalue weighted by Crippen LogP contribution is 2.23. The van der Waals surface area contributed by atoms with Crippen LogP contribution >= 0.6 is 11.6 Å². The average molecular weight is 425 g/mol. The van der Waals surface area contributed by atoms with Gasteiger partial charge >= 0.3 is 0 Å². The molecular weight excluding hydrogens is 400 g/mol. The molecule has 1 amide bonds. The van der Waals surface area contributed by atoms with Gasteiger partial charge in [-0.3, -0.25) is 9.79 Å². The van der Waals surface area contributed by atoms with Crippen molar-refractivity contribution in [3.8, 4) is 0 Å². The normalized spacial score (nSPS) is 15.7. The van der Waals surface area contributed by atoms with Crippen LogP contribution in [0.1, 0.15) is 10.4 Å². The number of nitrogens with zero attached hydrogens (tertiary/aromatic N) is 4. The number of aliphatic imine (C=N–C) groups is 2. The van der Waals surface area contributed by atoms with Gasteiger partial charge in [0.2, 0.25) is 0 Å². The van der Waals surface area contributed by atoms with Crippen molar-refractivity contribution in [2.24, 2.45) is 15.7 Å². The Hall–Kier alpha value is -3.16. The molecule has 1 fully saturated rings. The van der Waals surface area contributed by atoms with Gasteiger partial charge in [0.1, 0.15) is 5.03 Å². The topological polar surface area (TPSA) is 86.3 Å². The Kier molecular flexibility index (Phi) is 7.21. The molecule has 2 aromatic carbocycles. The van der Waals surface area contributed by atoms with Crippen molar-refractivity contribution in [2.45, 2.75) is 0 Å². The van der Waals surface area contributed by atoms with Gasteiger partial charge in [-0.15, -0.1) is 0 Å². The number of rotatable bonds is 6. The van der Waals surface area contributed by atoms with E-state index in [-0.39, 0.29) is 5.03 Å². The Labute approximate surface area is 181 Å². The predicted molar refractivity (Wildman–Crippen MR) is 125 cm³/mol. The van der Waals surface area contributed by atoms with Gasteiger partial charge in [0.25, 0.3) is 5.91 Å². The van der Waals surface area contributed by atoms with Crippen LogP contribution in [0, 0.1) is 0 Å². The fourth-order valence-electron chi connectivity index (χ4n) is 3.14. The van der Waals surface area contributed by atoms with Crippen LogP contribution in [0.4, 0.5) is 17.1 Å². The summed E-state index contributed by atoms with van der Waals surface area (Å²) in [6.07, 6.45) is 1.39. The van der Waals surface area contributed by atoms with Crippen molar-refractivity contribution in [1.29, 1.82) is 0 Å². The van der Waals surface area contributed by atoms with Gasteiger partial charge in [0.15, 0.2) is 5.84 Å². The molecule has 1 aliphatic heterocycles. The minimum atomic E-state index is -0.563. The third-order valence-electron chi connectivity index (χ3n) is 4.83. The van der Waals surface area contributed by atoms with E-state index in [1.165, 1.54) is 11.9 Å². The van der Waals surface area contributed by atoms with Crippen molar-refractivity contribution in [2.75, 3.05) is 43.4 Å². The Morgan fingerprint density at radius 2 is 1.80 bits per heavy atom. The number of halogens is 1. The van der Waals surface area contributed by atoms with Gasteiger partial charge in [-0.1, -0.05) is 23.7 Å². The highest BCUT2D eigenvalue weighted by molar-refractivity contribution is 6.45. The number of anilines is 2. The summed E-state index contributed by atoms with van der Waals surface area (Å²) in [6, 6.07) is 14.9. The van der Waals surface area contributed by atoms with Crippen LogP contribution in [0.3, 0.4) is 0 Å². The maximum absolute atomic E-state index is 11.7. The van der Waals surface area contributed by atoms with Gasteiger partial charge in [-0.05, 0) is 50.2 Å². The van der Waals surface area contributed by atoms with E-state index in [0.717, 1.165) is 31.9 Å². The number of carbonyl (C=O) groups is 1. The van der Waals surface area contributed by atoms with Gasteiger partial charge in [-0.2, -0.15) is 0 Å². The first-order valence-electron chi connectivity index (χ1n) is 9.58. The number of nitrogens with two attached hydrogens (primary N) is 1. The number of para-hydroxylation sites is 1. The van der Waals surface area contributed by atoms with Crippen LogP contribution < -0.4 is 16.0 Å². The first-order chi connectivity index (χ1) is 14.5. The van der Waals surface area contributed by atoms with Crippen molar-refractivity contribution < 1.29 is 4.79 Å². The molecule has 8 heteroatoms. The summed E-state index contributed by atoms with van der Waals surface area (Å²) in [5.74, 6) is -0.225. The summed E-state index contributed by atoms with van der Waals surface area (Å²) in [7, 11) is 2.14. The number of hydrogen-bond acceptors (Lipinski definition) is 5. The van der Waals surface area contributed by atoms with Crippen LogP contribution in [-0.2, 0) is 0 Å². The summed E-state index contributed by atoms with van der Waals surface area (Å²) in [4.78, 5) is 24.6. The lowest BCUT2D eigenvalue weighted by atomic mass is 10.1. The fourth-order valence-corrected chi connectivity index (χ4v) is 3.30. The summed E-state index contributed by atoms with van der Waals surface area (Å²) in [5, 5.41) is 3.46. The molecule has 1 aliphatic rings. The highest BCUT2D eigenvalue weighted by atomic mass is 35.5.